The summed E-state index contributed by atoms with van der Waals surface area (Å²) in [6.45, 7) is 4.48. The molecule has 1 N–H and O–H groups in total. The molecule has 8 nitrogen and oxygen atoms in total. The fraction of sp³-hybridized carbons (Fsp3) is 0.672. The van der Waals surface area contributed by atoms with Crippen molar-refractivity contribution < 1.29 is 38.2 Å². The van der Waals surface area contributed by atoms with Gasteiger partial charge in [-0.05, 0) is 89.9 Å². The van der Waals surface area contributed by atoms with Gasteiger partial charge in [-0.25, -0.2) is 4.79 Å². The first-order valence-electron chi connectivity index (χ1n) is 26.3. The smallest absolute Gasteiger partial charge is 0.362 e. The molecule has 0 aliphatic rings. The van der Waals surface area contributed by atoms with E-state index in [1.54, 1.807) is 0 Å². The van der Waals surface area contributed by atoms with Crippen LogP contribution in [0.25, 0.3) is 0 Å². The molecule has 376 valence electrons. The zero-order valence-corrected chi connectivity index (χ0v) is 42.9. The number of hydrogen-bond acceptors (Lipinski definition) is 6. The largest absolute Gasteiger partial charge is 0.477 e. The van der Waals surface area contributed by atoms with Crippen LogP contribution in [0.1, 0.15) is 200 Å². The molecule has 0 saturated carbocycles. The van der Waals surface area contributed by atoms with Gasteiger partial charge in [0.05, 0.1) is 34.4 Å². The minimum absolute atomic E-state index is 0.0451. The number of carbonyl (C=O) groups excluding carboxylic acids is 2. The van der Waals surface area contributed by atoms with Crippen LogP contribution >= 0.6 is 0 Å². The van der Waals surface area contributed by atoms with E-state index in [1.807, 2.05) is 21.1 Å². The third-order valence-corrected chi connectivity index (χ3v) is 11.2. The zero-order valence-electron chi connectivity index (χ0n) is 42.9. The molecule has 0 aliphatic carbocycles. The van der Waals surface area contributed by atoms with Crippen molar-refractivity contribution in [2.45, 2.75) is 212 Å². The lowest BCUT2D eigenvalue weighted by molar-refractivity contribution is -0.887. The van der Waals surface area contributed by atoms with Crippen LogP contribution in [0.2, 0.25) is 0 Å². The van der Waals surface area contributed by atoms with Crippen molar-refractivity contribution in [1.29, 1.82) is 0 Å². The second kappa shape index (κ2) is 47.7. The third kappa shape index (κ3) is 45.4. The van der Waals surface area contributed by atoms with Crippen LogP contribution in [-0.2, 0) is 28.6 Å². The zero-order chi connectivity index (χ0) is 48.4. The van der Waals surface area contributed by atoms with Gasteiger partial charge in [0.25, 0.3) is 0 Å². The van der Waals surface area contributed by atoms with Crippen molar-refractivity contribution in [1.82, 2.24) is 0 Å². The number of carbonyl (C=O) groups is 3. The Hall–Kier alpha value is -3.75. The van der Waals surface area contributed by atoms with E-state index >= 15 is 0 Å². The van der Waals surface area contributed by atoms with Gasteiger partial charge in [-0.3, -0.25) is 9.59 Å². The molecule has 0 bridgehead atoms. The molecule has 0 rings (SSSR count). The highest BCUT2D eigenvalue weighted by molar-refractivity contribution is 5.72. The van der Waals surface area contributed by atoms with Crippen molar-refractivity contribution in [3.8, 4) is 0 Å². The molecule has 2 unspecified atom stereocenters. The molecule has 0 heterocycles. The monoisotopic (exact) mass is 921 g/mol. The van der Waals surface area contributed by atoms with Gasteiger partial charge in [-0.1, -0.05) is 188 Å². The highest BCUT2D eigenvalue weighted by atomic mass is 16.6. The van der Waals surface area contributed by atoms with E-state index < -0.39 is 18.1 Å². The predicted molar refractivity (Wildman–Crippen MR) is 279 cm³/mol. The minimum atomic E-state index is -0.882. The summed E-state index contributed by atoms with van der Waals surface area (Å²) in [5.41, 5.74) is 0. The van der Waals surface area contributed by atoms with Crippen LogP contribution < -0.4 is 0 Å². The van der Waals surface area contributed by atoms with Gasteiger partial charge in [-0.15, -0.1) is 0 Å². The summed E-state index contributed by atoms with van der Waals surface area (Å²) in [4.78, 5) is 37.2. The number of likely N-dealkylation sites (N-methyl/N-ethyl adjacent to an activating group) is 1. The summed E-state index contributed by atoms with van der Waals surface area (Å²) in [7, 11) is 5.52. The number of carboxylic acid groups (broad SMARTS) is 1. The number of aliphatic carboxylic acids is 1. The molecular formula is C58H98NO7+. The Kier molecular flexibility index (Phi) is 45.0. The first kappa shape index (κ1) is 62.2. The quantitative estimate of drug-likeness (QED) is 0.0281. The maximum absolute atomic E-state index is 12.8. The number of hydrogen-bond donors (Lipinski definition) is 1. The third-order valence-electron chi connectivity index (χ3n) is 11.2. The number of allylic oxidation sites excluding steroid dienone is 16. The number of quaternary nitrogens is 1. The summed E-state index contributed by atoms with van der Waals surface area (Å²) in [5.74, 6) is -1.52. The topological polar surface area (TPSA) is 99.1 Å². The summed E-state index contributed by atoms with van der Waals surface area (Å²) < 4.78 is 17.3. The van der Waals surface area contributed by atoms with Gasteiger partial charge < -0.3 is 23.8 Å². The van der Waals surface area contributed by atoms with E-state index in [1.165, 1.54) is 70.6 Å². The van der Waals surface area contributed by atoms with Crippen molar-refractivity contribution in [2.24, 2.45) is 0 Å². The van der Waals surface area contributed by atoms with Gasteiger partial charge >= 0.3 is 17.9 Å². The SMILES string of the molecule is CC/C=C/C/C=C/C/C=C/C/C=C/C/C=C/CCCCCC(=O)OCC(COCCC(C(=O)O)[N+](C)(C)C)OC(=O)CCCCCCCCCCCCCCC/C=C/C/C=C/C/C=C/CC. The second-order valence-electron chi connectivity index (χ2n) is 18.4. The summed E-state index contributed by atoms with van der Waals surface area (Å²) in [5, 5.41) is 9.66. The molecule has 2 atom stereocenters. The number of rotatable bonds is 46. The first-order chi connectivity index (χ1) is 32.1. The highest BCUT2D eigenvalue weighted by Gasteiger charge is 2.31. The van der Waals surface area contributed by atoms with Crippen LogP contribution in [-0.4, -0.2) is 80.6 Å². The Morgan fingerprint density at radius 1 is 0.455 bits per heavy atom. The van der Waals surface area contributed by atoms with E-state index in [0.717, 1.165) is 96.3 Å². The van der Waals surface area contributed by atoms with E-state index in [4.69, 9.17) is 14.2 Å². The van der Waals surface area contributed by atoms with Crippen LogP contribution in [0.15, 0.2) is 97.2 Å². The Morgan fingerprint density at radius 2 is 0.803 bits per heavy atom. The second-order valence-corrected chi connectivity index (χ2v) is 18.4. The number of carboxylic acids is 1. The molecule has 0 fully saturated rings. The average molecular weight is 921 g/mol. The van der Waals surface area contributed by atoms with Crippen molar-refractivity contribution in [2.75, 3.05) is 41.0 Å². The first-order valence-corrected chi connectivity index (χ1v) is 26.3. The summed E-state index contributed by atoms with van der Waals surface area (Å²) in [6.07, 6.45) is 64.6. The summed E-state index contributed by atoms with van der Waals surface area (Å²) >= 11 is 0. The molecule has 0 radical (unpaired) electrons. The van der Waals surface area contributed by atoms with Gasteiger partial charge in [0.2, 0.25) is 0 Å². The number of unbranched alkanes of at least 4 members (excludes halogenated alkanes) is 16. The van der Waals surface area contributed by atoms with E-state index in [9.17, 15) is 19.5 Å². The number of nitrogens with zero attached hydrogens (tertiary/aromatic N) is 1. The Labute approximate surface area is 405 Å². The Morgan fingerprint density at radius 3 is 1.20 bits per heavy atom. The Balaban J connectivity index is 4.28. The highest BCUT2D eigenvalue weighted by Crippen LogP contribution is 2.15. The molecule has 66 heavy (non-hydrogen) atoms. The lowest BCUT2D eigenvalue weighted by Crippen LogP contribution is -2.50. The van der Waals surface area contributed by atoms with Gasteiger partial charge in [0.1, 0.15) is 6.61 Å². The molecule has 0 spiro atoms. The molecule has 0 saturated heterocycles. The van der Waals surface area contributed by atoms with E-state index in [2.05, 4.69) is 111 Å². The molecule has 0 aromatic heterocycles. The van der Waals surface area contributed by atoms with E-state index in [0.29, 0.717) is 19.3 Å². The number of ether oxygens (including phenoxy) is 3. The molecule has 0 aromatic carbocycles. The maximum atomic E-state index is 12.8. The van der Waals surface area contributed by atoms with Gasteiger partial charge in [0.15, 0.2) is 12.1 Å². The van der Waals surface area contributed by atoms with Crippen LogP contribution in [0.4, 0.5) is 0 Å². The number of esters is 2. The van der Waals surface area contributed by atoms with Crippen molar-refractivity contribution in [3.05, 3.63) is 97.2 Å². The molecule has 0 amide bonds. The standard InChI is InChI=1S/C58H97NO7/c1-6-8-10-12-14-16-18-20-22-24-26-27-28-29-31-33-35-37-39-41-43-45-47-49-57(61)66-54(52-64-51-50-55(58(62)63)59(3,4)5)53-65-56(60)48-46-44-42-40-38-36-34-32-30-25-23-21-19-17-15-13-11-9-7-2/h8-11,14-17,20-23,30,32,36,38,54-55H,6-7,12-13,18-19,24-29,31,33-35,37,39-53H2,1-5H3/p+1/b10-8+,11-9+,16-14+,17-15+,22-20+,23-21+,32-30+,38-36+. The molecule has 0 aliphatic heterocycles. The fourth-order valence-electron chi connectivity index (χ4n) is 7.25. The lowest BCUT2D eigenvalue weighted by Gasteiger charge is -2.31. The van der Waals surface area contributed by atoms with Gasteiger partial charge in [-0.2, -0.15) is 0 Å². The lowest BCUT2D eigenvalue weighted by atomic mass is 10.0. The fourth-order valence-corrected chi connectivity index (χ4v) is 7.25. The predicted octanol–water partition coefficient (Wildman–Crippen LogP) is 15.4. The maximum Gasteiger partial charge on any atom is 0.362 e. The Bertz CT molecular complexity index is 1400. The van der Waals surface area contributed by atoms with Crippen LogP contribution in [0.5, 0.6) is 0 Å². The van der Waals surface area contributed by atoms with Crippen LogP contribution in [0, 0.1) is 0 Å². The normalized spacial score (nSPS) is 13.7. The molecule has 0 aromatic rings. The average Bonchev–Trinajstić information content (AvgIpc) is 3.28. The van der Waals surface area contributed by atoms with Gasteiger partial charge in [0, 0.05) is 19.3 Å². The van der Waals surface area contributed by atoms with Crippen LogP contribution in [0.3, 0.4) is 0 Å². The summed E-state index contributed by atoms with van der Waals surface area (Å²) in [6, 6.07) is -0.626. The van der Waals surface area contributed by atoms with Crippen molar-refractivity contribution in [3.63, 3.8) is 0 Å². The molecule has 8 heteroatoms. The van der Waals surface area contributed by atoms with Crippen molar-refractivity contribution >= 4 is 17.9 Å². The minimum Gasteiger partial charge on any atom is -0.477 e. The molecular weight excluding hydrogens is 823 g/mol. The van der Waals surface area contributed by atoms with E-state index in [-0.39, 0.29) is 36.2 Å².